The number of nitrogens with one attached hydrogen (secondary N) is 1. The number of rotatable bonds is 5. The third-order valence-electron chi connectivity index (χ3n) is 3.19. The Labute approximate surface area is 118 Å². The van der Waals surface area contributed by atoms with Crippen LogP contribution in [0, 0.1) is 5.92 Å². The summed E-state index contributed by atoms with van der Waals surface area (Å²) in [6.07, 6.45) is -4.40. The molecule has 20 heavy (non-hydrogen) atoms. The molecule has 1 rings (SSSR count). The minimum atomic E-state index is -1.31. The van der Waals surface area contributed by atoms with Crippen LogP contribution in [0.3, 0.4) is 0 Å². The molecular weight excluding hydrogens is 266 g/mol. The molecule has 0 aromatic heterocycles. The van der Waals surface area contributed by atoms with Crippen molar-refractivity contribution in [1.82, 2.24) is 5.32 Å². The third-order valence-corrected chi connectivity index (χ3v) is 3.19. The van der Waals surface area contributed by atoms with Crippen LogP contribution in [0.2, 0.25) is 0 Å². The van der Waals surface area contributed by atoms with Gasteiger partial charge >= 0.3 is 6.09 Å². The highest BCUT2D eigenvalue weighted by atomic mass is 16.6. The van der Waals surface area contributed by atoms with Gasteiger partial charge in [-0.3, -0.25) is 0 Å². The van der Waals surface area contributed by atoms with Crippen molar-refractivity contribution in [2.75, 3.05) is 13.2 Å². The summed E-state index contributed by atoms with van der Waals surface area (Å²) >= 11 is 0. The summed E-state index contributed by atoms with van der Waals surface area (Å²) in [4.78, 5) is 11.3. The molecule has 1 aliphatic rings. The number of hydrogen-bond acceptors (Lipinski definition) is 6. The highest BCUT2D eigenvalue weighted by Gasteiger charge is 2.44. The summed E-state index contributed by atoms with van der Waals surface area (Å²) < 4.78 is 10.3. The van der Waals surface area contributed by atoms with E-state index in [1.54, 1.807) is 0 Å². The van der Waals surface area contributed by atoms with Gasteiger partial charge in [0.15, 0.2) is 0 Å². The van der Waals surface area contributed by atoms with E-state index >= 15 is 0 Å². The van der Waals surface area contributed by atoms with Gasteiger partial charge in [-0.25, -0.2) is 4.79 Å². The number of carbonyl (C=O) groups is 1. The molecule has 0 aliphatic carbocycles. The number of alkyl carbamates (subject to hydrolysis) is 1. The average Bonchev–Trinajstić information content (AvgIpc) is 2.41. The zero-order valence-electron chi connectivity index (χ0n) is 11.7. The maximum atomic E-state index is 11.3. The fourth-order valence-corrected chi connectivity index (χ4v) is 2.07. The second-order valence-electron chi connectivity index (χ2n) is 5.12. The SMILES string of the molecule is C=CCOC(=O)NCC1OC(C(C)C)C(O)[C@@H](O)[C@H]1O. The summed E-state index contributed by atoms with van der Waals surface area (Å²) in [5.74, 6) is -0.0395. The van der Waals surface area contributed by atoms with Crippen molar-refractivity contribution in [2.45, 2.75) is 44.4 Å². The standard InChI is InChI=1S/C13H23NO6/c1-4-5-19-13(18)14-6-8-9(15)10(16)11(17)12(20-8)7(2)3/h4,7-12,15-17H,1,5-6H2,2-3H3,(H,14,18)/t8?,9-,10-,11?,12?/m0/s1. The second kappa shape index (κ2) is 7.58. The predicted molar refractivity (Wildman–Crippen MR) is 71.1 cm³/mol. The molecule has 0 spiro atoms. The Morgan fingerprint density at radius 2 is 2.00 bits per heavy atom. The summed E-state index contributed by atoms with van der Waals surface area (Å²) in [6, 6.07) is 0. The average molecular weight is 289 g/mol. The van der Waals surface area contributed by atoms with Crippen LogP contribution >= 0.6 is 0 Å². The molecule has 7 heteroatoms. The van der Waals surface area contributed by atoms with Gasteiger partial charge < -0.3 is 30.1 Å². The summed E-state index contributed by atoms with van der Waals surface area (Å²) in [7, 11) is 0. The lowest BCUT2D eigenvalue weighted by Gasteiger charge is -2.42. The second-order valence-corrected chi connectivity index (χ2v) is 5.12. The van der Waals surface area contributed by atoms with Crippen molar-refractivity contribution in [3.8, 4) is 0 Å². The lowest BCUT2D eigenvalue weighted by molar-refractivity contribution is -0.229. The van der Waals surface area contributed by atoms with Gasteiger partial charge in [0.05, 0.1) is 6.10 Å². The van der Waals surface area contributed by atoms with Crippen LogP contribution in [-0.2, 0) is 9.47 Å². The van der Waals surface area contributed by atoms with E-state index in [9.17, 15) is 20.1 Å². The quantitative estimate of drug-likeness (QED) is 0.504. The van der Waals surface area contributed by atoms with E-state index in [1.807, 2.05) is 13.8 Å². The van der Waals surface area contributed by atoms with Gasteiger partial charge in [-0.05, 0) is 5.92 Å². The first-order valence-electron chi connectivity index (χ1n) is 6.59. The van der Waals surface area contributed by atoms with Gasteiger partial charge in [-0.1, -0.05) is 26.5 Å². The maximum Gasteiger partial charge on any atom is 0.407 e. The molecule has 1 aliphatic heterocycles. The van der Waals surface area contributed by atoms with E-state index in [1.165, 1.54) is 6.08 Å². The Morgan fingerprint density at radius 1 is 1.35 bits per heavy atom. The molecule has 0 radical (unpaired) electrons. The van der Waals surface area contributed by atoms with E-state index in [4.69, 9.17) is 9.47 Å². The Morgan fingerprint density at radius 3 is 2.55 bits per heavy atom. The van der Waals surface area contributed by atoms with Crippen LogP contribution < -0.4 is 5.32 Å². The van der Waals surface area contributed by atoms with Crippen molar-refractivity contribution in [3.05, 3.63) is 12.7 Å². The van der Waals surface area contributed by atoms with E-state index in [0.29, 0.717) is 0 Å². The molecule has 116 valence electrons. The fraction of sp³-hybridized carbons (Fsp3) is 0.769. The zero-order chi connectivity index (χ0) is 15.3. The summed E-state index contributed by atoms with van der Waals surface area (Å²) in [5, 5.41) is 31.9. The van der Waals surface area contributed by atoms with Crippen molar-refractivity contribution in [1.29, 1.82) is 0 Å². The normalized spacial score (nSPS) is 33.8. The largest absolute Gasteiger partial charge is 0.445 e. The highest BCUT2D eigenvalue weighted by Crippen LogP contribution is 2.25. The van der Waals surface area contributed by atoms with Crippen LogP contribution in [0.15, 0.2) is 12.7 Å². The molecule has 3 unspecified atom stereocenters. The first-order chi connectivity index (χ1) is 9.38. The van der Waals surface area contributed by atoms with E-state index in [2.05, 4.69) is 11.9 Å². The molecule has 4 N–H and O–H groups in total. The highest BCUT2D eigenvalue weighted by molar-refractivity contribution is 5.67. The fourth-order valence-electron chi connectivity index (χ4n) is 2.07. The van der Waals surface area contributed by atoms with Gasteiger partial charge in [0.25, 0.3) is 0 Å². The third kappa shape index (κ3) is 4.17. The smallest absolute Gasteiger partial charge is 0.407 e. The van der Waals surface area contributed by atoms with Gasteiger partial charge in [0, 0.05) is 6.54 Å². The number of carbonyl (C=O) groups excluding carboxylic acids is 1. The maximum absolute atomic E-state index is 11.3. The lowest BCUT2D eigenvalue weighted by atomic mass is 9.89. The van der Waals surface area contributed by atoms with Crippen molar-refractivity contribution in [3.63, 3.8) is 0 Å². The predicted octanol–water partition coefficient (Wildman–Crippen LogP) is -0.595. The van der Waals surface area contributed by atoms with E-state index in [-0.39, 0.29) is 19.1 Å². The number of aliphatic hydroxyl groups excluding tert-OH is 3. The molecule has 5 atom stereocenters. The monoisotopic (exact) mass is 289 g/mol. The zero-order valence-corrected chi connectivity index (χ0v) is 11.7. The molecule has 1 heterocycles. The van der Waals surface area contributed by atoms with E-state index < -0.39 is 36.6 Å². The number of ether oxygens (including phenoxy) is 2. The van der Waals surface area contributed by atoms with Crippen LogP contribution in [0.25, 0.3) is 0 Å². The summed E-state index contributed by atoms with van der Waals surface area (Å²) in [5.41, 5.74) is 0. The first kappa shape index (κ1) is 16.9. The molecule has 0 saturated carbocycles. The van der Waals surface area contributed by atoms with Crippen LogP contribution in [-0.4, -0.2) is 65.1 Å². The number of aliphatic hydroxyl groups is 3. The van der Waals surface area contributed by atoms with Crippen LogP contribution in [0.1, 0.15) is 13.8 Å². The van der Waals surface area contributed by atoms with Gasteiger partial charge in [-0.2, -0.15) is 0 Å². The van der Waals surface area contributed by atoms with E-state index in [0.717, 1.165) is 0 Å². The Balaban J connectivity index is 2.55. The van der Waals surface area contributed by atoms with Gasteiger partial charge in [0.2, 0.25) is 0 Å². The lowest BCUT2D eigenvalue weighted by Crippen LogP contribution is -2.61. The molecule has 1 saturated heterocycles. The number of hydrogen-bond donors (Lipinski definition) is 4. The molecule has 0 aromatic carbocycles. The van der Waals surface area contributed by atoms with Crippen molar-refractivity contribution in [2.24, 2.45) is 5.92 Å². The van der Waals surface area contributed by atoms with Crippen LogP contribution in [0.5, 0.6) is 0 Å². The first-order valence-corrected chi connectivity index (χ1v) is 6.59. The molecule has 1 fully saturated rings. The number of amides is 1. The molecule has 7 nitrogen and oxygen atoms in total. The summed E-state index contributed by atoms with van der Waals surface area (Å²) in [6.45, 7) is 7.14. The molecule has 0 aromatic rings. The van der Waals surface area contributed by atoms with Crippen molar-refractivity contribution < 1.29 is 29.6 Å². The minimum Gasteiger partial charge on any atom is -0.445 e. The topological polar surface area (TPSA) is 108 Å². The van der Waals surface area contributed by atoms with Crippen molar-refractivity contribution >= 4 is 6.09 Å². The Bertz CT molecular complexity index is 335. The Hall–Kier alpha value is -1.15. The van der Waals surface area contributed by atoms with Gasteiger partial charge in [-0.15, -0.1) is 0 Å². The van der Waals surface area contributed by atoms with Gasteiger partial charge in [0.1, 0.15) is 31.0 Å². The Kier molecular flexibility index (Phi) is 6.41. The van der Waals surface area contributed by atoms with Crippen LogP contribution in [0.4, 0.5) is 4.79 Å². The molecule has 0 bridgehead atoms. The minimum absolute atomic E-state index is 0.0237. The molecule has 1 amide bonds. The molecular formula is C13H23NO6.